The normalized spacial score (nSPS) is 12.1. The van der Waals surface area contributed by atoms with Crippen molar-refractivity contribution in [3.05, 3.63) is 34.9 Å². The summed E-state index contributed by atoms with van der Waals surface area (Å²) in [6, 6.07) is 6.09. The lowest BCUT2D eigenvalue weighted by Crippen LogP contribution is -2.02. The van der Waals surface area contributed by atoms with Gasteiger partial charge in [0.1, 0.15) is 0 Å². The summed E-state index contributed by atoms with van der Waals surface area (Å²) in [5, 5.41) is 10.0. The summed E-state index contributed by atoms with van der Waals surface area (Å²) < 4.78 is 0. The average Bonchev–Trinajstić information content (AvgIpc) is 2.18. The standard InChI is InChI=1S/C14H18O/c1-4-5-6-10-13(15)14-11(2)8-7-9-12(14)3/h1,7-9,13,15H,5-6,10H2,2-3H3. The van der Waals surface area contributed by atoms with Gasteiger partial charge >= 0.3 is 0 Å². The Morgan fingerprint density at radius 2 is 1.93 bits per heavy atom. The predicted molar refractivity (Wildman–Crippen MR) is 63.6 cm³/mol. The Labute approximate surface area is 92.1 Å². The molecule has 1 atom stereocenters. The predicted octanol–water partition coefficient (Wildman–Crippen LogP) is 3.14. The lowest BCUT2D eigenvalue weighted by molar-refractivity contribution is 0.164. The second-order valence-electron chi connectivity index (χ2n) is 3.92. The van der Waals surface area contributed by atoms with Gasteiger partial charge < -0.3 is 5.11 Å². The highest BCUT2D eigenvalue weighted by Crippen LogP contribution is 2.25. The molecule has 0 aromatic heterocycles. The molecule has 0 saturated heterocycles. The molecule has 0 saturated carbocycles. The summed E-state index contributed by atoms with van der Waals surface area (Å²) in [5.74, 6) is 2.59. The molecule has 1 rings (SSSR count). The number of aliphatic hydroxyl groups excluding tert-OH is 1. The third-order valence-electron chi connectivity index (χ3n) is 2.67. The van der Waals surface area contributed by atoms with Crippen molar-refractivity contribution in [2.24, 2.45) is 0 Å². The van der Waals surface area contributed by atoms with Crippen molar-refractivity contribution >= 4 is 0 Å². The van der Waals surface area contributed by atoms with Crippen LogP contribution in [0.5, 0.6) is 0 Å². The van der Waals surface area contributed by atoms with E-state index in [0.29, 0.717) is 0 Å². The highest BCUT2D eigenvalue weighted by atomic mass is 16.3. The molecule has 1 aromatic rings. The van der Waals surface area contributed by atoms with E-state index in [9.17, 15) is 5.11 Å². The third kappa shape index (κ3) is 3.11. The number of terminal acetylenes is 1. The van der Waals surface area contributed by atoms with Crippen molar-refractivity contribution in [1.29, 1.82) is 0 Å². The van der Waals surface area contributed by atoms with Gasteiger partial charge in [-0.1, -0.05) is 18.2 Å². The average molecular weight is 202 g/mol. The molecule has 1 aromatic carbocycles. The minimum atomic E-state index is -0.375. The van der Waals surface area contributed by atoms with Gasteiger partial charge in [-0.05, 0) is 43.4 Å². The number of hydrogen-bond acceptors (Lipinski definition) is 1. The highest BCUT2D eigenvalue weighted by molar-refractivity contribution is 5.35. The molecule has 0 spiro atoms. The van der Waals surface area contributed by atoms with Gasteiger partial charge in [0.05, 0.1) is 6.10 Å². The van der Waals surface area contributed by atoms with E-state index < -0.39 is 0 Å². The summed E-state index contributed by atoms with van der Waals surface area (Å²) in [6.07, 6.45) is 7.17. The fourth-order valence-corrected chi connectivity index (χ4v) is 1.89. The van der Waals surface area contributed by atoms with E-state index in [1.165, 1.54) is 0 Å². The summed E-state index contributed by atoms with van der Waals surface area (Å²) in [7, 11) is 0. The van der Waals surface area contributed by atoms with Crippen LogP contribution < -0.4 is 0 Å². The first-order valence-electron chi connectivity index (χ1n) is 5.34. The molecular weight excluding hydrogens is 184 g/mol. The van der Waals surface area contributed by atoms with Crippen molar-refractivity contribution in [2.45, 2.75) is 39.2 Å². The number of aliphatic hydroxyl groups is 1. The fourth-order valence-electron chi connectivity index (χ4n) is 1.89. The zero-order chi connectivity index (χ0) is 11.3. The van der Waals surface area contributed by atoms with Crippen molar-refractivity contribution in [3.63, 3.8) is 0 Å². The van der Waals surface area contributed by atoms with Gasteiger partial charge in [0.2, 0.25) is 0 Å². The maximum atomic E-state index is 10.0. The fraction of sp³-hybridized carbons (Fsp3) is 0.429. The highest BCUT2D eigenvalue weighted by Gasteiger charge is 2.11. The van der Waals surface area contributed by atoms with E-state index in [1.54, 1.807) is 0 Å². The minimum Gasteiger partial charge on any atom is -0.388 e. The second kappa shape index (κ2) is 5.58. The van der Waals surface area contributed by atoms with Crippen molar-refractivity contribution in [3.8, 4) is 12.3 Å². The van der Waals surface area contributed by atoms with Gasteiger partial charge in [-0.25, -0.2) is 0 Å². The number of aryl methyl sites for hydroxylation is 2. The Balaban J connectivity index is 2.73. The Bertz CT molecular complexity index is 340. The molecule has 0 radical (unpaired) electrons. The topological polar surface area (TPSA) is 20.2 Å². The van der Waals surface area contributed by atoms with Gasteiger partial charge in [-0.3, -0.25) is 0 Å². The number of rotatable bonds is 4. The Morgan fingerprint density at radius 3 is 2.47 bits per heavy atom. The molecule has 15 heavy (non-hydrogen) atoms. The minimum absolute atomic E-state index is 0.375. The number of hydrogen-bond donors (Lipinski definition) is 1. The van der Waals surface area contributed by atoms with Crippen LogP contribution in [0.1, 0.15) is 42.1 Å². The van der Waals surface area contributed by atoms with E-state index >= 15 is 0 Å². The summed E-state index contributed by atoms with van der Waals surface area (Å²) in [6.45, 7) is 4.07. The molecule has 1 N–H and O–H groups in total. The maximum absolute atomic E-state index is 10.0. The first kappa shape index (κ1) is 11.8. The summed E-state index contributed by atoms with van der Waals surface area (Å²) in [5.41, 5.74) is 3.38. The molecule has 1 heteroatoms. The van der Waals surface area contributed by atoms with Crippen LogP contribution in [-0.2, 0) is 0 Å². The largest absolute Gasteiger partial charge is 0.388 e. The molecular formula is C14H18O. The Kier molecular flexibility index (Phi) is 4.39. The maximum Gasteiger partial charge on any atom is 0.0795 e. The molecule has 0 amide bonds. The van der Waals surface area contributed by atoms with Gasteiger partial charge in [0.15, 0.2) is 0 Å². The van der Waals surface area contributed by atoms with Crippen LogP contribution in [0.3, 0.4) is 0 Å². The SMILES string of the molecule is C#CCCCC(O)c1c(C)cccc1C. The quantitative estimate of drug-likeness (QED) is 0.587. The van der Waals surface area contributed by atoms with E-state index in [4.69, 9.17) is 6.42 Å². The Morgan fingerprint density at radius 1 is 1.33 bits per heavy atom. The first-order valence-corrected chi connectivity index (χ1v) is 5.34. The molecule has 0 heterocycles. The Hall–Kier alpha value is -1.26. The monoisotopic (exact) mass is 202 g/mol. The smallest absolute Gasteiger partial charge is 0.0795 e. The van der Waals surface area contributed by atoms with E-state index in [1.807, 2.05) is 32.0 Å². The van der Waals surface area contributed by atoms with Gasteiger partial charge in [0, 0.05) is 6.42 Å². The number of benzene rings is 1. The molecule has 0 bridgehead atoms. The van der Waals surface area contributed by atoms with Crippen LogP contribution in [0.15, 0.2) is 18.2 Å². The van der Waals surface area contributed by atoms with Crippen molar-refractivity contribution in [1.82, 2.24) is 0 Å². The van der Waals surface area contributed by atoms with Crippen LogP contribution in [-0.4, -0.2) is 5.11 Å². The third-order valence-corrected chi connectivity index (χ3v) is 2.67. The molecule has 0 fully saturated rings. The van der Waals surface area contributed by atoms with Crippen LogP contribution in [0, 0.1) is 26.2 Å². The van der Waals surface area contributed by atoms with Crippen LogP contribution in [0.2, 0.25) is 0 Å². The van der Waals surface area contributed by atoms with E-state index in [2.05, 4.69) is 5.92 Å². The van der Waals surface area contributed by atoms with Gasteiger partial charge in [0.25, 0.3) is 0 Å². The van der Waals surface area contributed by atoms with Gasteiger partial charge in [-0.2, -0.15) is 0 Å². The van der Waals surface area contributed by atoms with E-state index in [-0.39, 0.29) is 6.10 Å². The molecule has 1 unspecified atom stereocenters. The van der Waals surface area contributed by atoms with E-state index in [0.717, 1.165) is 36.0 Å². The zero-order valence-electron chi connectivity index (χ0n) is 9.46. The van der Waals surface area contributed by atoms with Crippen LogP contribution in [0.25, 0.3) is 0 Å². The summed E-state index contributed by atoms with van der Waals surface area (Å²) in [4.78, 5) is 0. The van der Waals surface area contributed by atoms with Crippen LogP contribution in [0.4, 0.5) is 0 Å². The van der Waals surface area contributed by atoms with Crippen LogP contribution >= 0.6 is 0 Å². The zero-order valence-corrected chi connectivity index (χ0v) is 9.46. The van der Waals surface area contributed by atoms with Gasteiger partial charge in [-0.15, -0.1) is 12.3 Å². The lowest BCUT2D eigenvalue weighted by Gasteiger charge is -2.15. The summed E-state index contributed by atoms with van der Waals surface area (Å²) >= 11 is 0. The first-order chi connectivity index (χ1) is 7.16. The molecule has 0 aliphatic heterocycles. The lowest BCUT2D eigenvalue weighted by atomic mass is 9.95. The molecule has 80 valence electrons. The van der Waals surface area contributed by atoms with Crippen molar-refractivity contribution in [2.75, 3.05) is 0 Å². The molecule has 0 aliphatic rings. The molecule has 0 aliphatic carbocycles. The van der Waals surface area contributed by atoms with Crippen molar-refractivity contribution < 1.29 is 5.11 Å². The second-order valence-corrected chi connectivity index (χ2v) is 3.92. The molecule has 1 nitrogen and oxygen atoms in total. The number of unbranched alkanes of at least 4 members (excludes halogenated alkanes) is 1.